The van der Waals surface area contributed by atoms with Crippen LogP contribution in [0.15, 0.2) is 0 Å². The van der Waals surface area contributed by atoms with Crippen molar-refractivity contribution >= 4 is 11.9 Å². The Morgan fingerprint density at radius 3 is 2.12 bits per heavy atom. The van der Waals surface area contributed by atoms with Crippen molar-refractivity contribution in [3.05, 3.63) is 0 Å². The third-order valence-corrected chi connectivity index (χ3v) is 3.60. The number of carbonyl (C=O) groups excluding carboxylic acids is 2. The van der Waals surface area contributed by atoms with Crippen LogP contribution in [0.4, 0.5) is 0 Å². The van der Waals surface area contributed by atoms with E-state index in [9.17, 15) is 9.59 Å². The molecule has 0 saturated heterocycles. The van der Waals surface area contributed by atoms with Crippen LogP contribution in [0, 0.1) is 0 Å². The first-order chi connectivity index (χ1) is 11.0. The molecule has 1 aliphatic rings. The summed E-state index contributed by atoms with van der Waals surface area (Å²) in [5.41, 5.74) is -1.28. The summed E-state index contributed by atoms with van der Waals surface area (Å²) in [6.07, 6.45) is 4.79. The largest absolute Gasteiger partial charge is 0.454 e. The van der Waals surface area contributed by atoms with E-state index in [0.29, 0.717) is 6.42 Å². The number of esters is 2. The fourth-order valence-electron chi connectivity index (χ4n) is 2.67. The van der Waals surface area contributed by atoms with Crippen molar-refractivity contribution in [1.29, 1.82) is 0 Å². The van der Waals surface area contributed by atoms with Crippen molar-refractivity contribution in [2.75, 3.05) is 0 Å². The standard InChI is InChI=1S/C18H32O6/c1-13(23-24-17(2,3)4)12-18(5,6)22-16(20)15(19)21-14-10-8-7-9-11-14/h13-14H,7-12H2,1-6H3. The van der Waals surface area contributed by atoms with Crippen molar-refractivity contribution in [3.8, 4) is 0 Å². The molecule has 0 aromatic rings. The topological polar surface area (TPSA) is 71.1 Å². The van der Waals surface area contributed by atoms with Crippen molar-refractivity contribution in [2.24, 2.45) is 0 Å². The summed E-state index contributed by atoms with van der Waals surface area (Å²) in [5, 5.41) is 0. The summed E-state index contributed by atoms with van der Waals surface area (Å²) in [7, 11) is 0. The van der Waals surface area contributed by atoms with Gasteiger partial charge in [-0.25, -0.2) is 19.4 Å². The molecular formula is C18H32O6. The van der Waals surface area contributed by atoms with Crippen LogP contribution in [0.5, 0.6) is 0 Å². The predicted octanol–water partition coefficient (Wildman–Crippen LogP) is 3.71. The van der Waals surface area contributed by atoms with Crippen LogP contribution in [0.2, 0.25) is 0 Å². The average Bonchev–Trinajstić information content (AvgIpc) is 2.44. The molecule has 1 atom stereocenters. The molecule has 0 radical (unpaired) electrons. The molecule has 1 saturated carbocycles. The smallest absolute Gasteiger partial charge is 0.418 e. The van der Waals surface area contributed by atoms with Gasteiger partial charge in [0.1, 0.15) is 11.7 Å². The Morgan fingerprint density at radius 1 is 1.00 bits per heavy atom. The highest BCUT2D eigenvalue weighted by Gasteiger charge is 2.32. The van der Waals surface area contributed by atoms with Gasteiger partial charge in [0.2, 0.25) is 0 Å². The predicted molar refractivity (Wildman–Crippen MR) is 89.1 cm³/mol. The molecule has 1 unspecified atom stereocenters. The van der Waals surface area contributed by atoms with Gasteiger partial charge in [-0.05, 0) is 67.2 Å². The van der Waals surface area contributed by atoms with Crippen molar-refractivity contribution < 1.29 is 28.8 Å². The average molecular weight is 344 g/mol. The zero-order valence-electron chi connectivity index (χ0n) is 15.8. The first-order valence-corrected chi connectivity index (χ1v) is 8.77. The SMILES string of the molecule is CC(CC(C)(C)OC(=O)C(=O)OC1CCCCC1)OOC(C)(C)C. The number of ether oxygens (including phenoxy) is 2. The van der Waals surface area contributed by atoms with Gasteiger partial charge in [0.05, 0.1) is 11.7 Å². The molecule has 0 bridgehead atoms. The van der Waals surface area contributed by atoms with Crippen molar-refractivity contribution in [2.45, 2.75) is 103 Å². The Hall–Kier alpha value is -1.14. The lowest BCUT2D eigenvalue weighted by molar-refractivity contribution is -0.373. The Labute approximate surface area is 145 Å². The highest BCUT2D eigenvalue weighted by atomic mass is 17.2. The van der Waals surface area contributed by atoms with Gasteiger partial charge >= 0.3 is 11.9 Å². The van der Waals surface area contributed by atoms with E-state index >= 15 is 0 Å². The third kappa shape index (κ3) is 8.64. The van der Waals surface area contributed by atoms with Gasteiger partial charge < -0.3 is 9.47 Å². The van der Waals surface area contributed by atoms with Gasteiger partial charge in [-0.1, -0.05) is 6.42 Å². The van der Waals surface area contributed by atoms with Crippen LogP contribution in [0.3, 0.4) is 0 Å². The first kappa shape index (κ1) is 20.9. The minimum Gasteiger partial charge on any atom is -0.454 e. The van der Waals surface area contributed by atoms with E-state index in [-0.39, 0.29) is 12.2 Å². The molecule has 0 heterocycles. The normalized spacial score (nSPS) is 18.1. The van der Waals surface area contributed by atoms with E-state index in [1.54, 1.807) is 13.8 Å². The zero-order chi connectivity index (χ0) is 18.4. The Balaban J connectivity index is 2.40. The van der Waals surface area contributed by atoms with Gasteiger partial charge in [0, 0.05) is 6.42 Å². The van der Waals surface area contributed by atoms with Crippen LogP contribution in [-0.2, 0) is 28.8 Å². The highest BCUT2D eigenvalue weighted by Crippen LogP contribution is 2.23. The number of hydrogen-bond donors (Lipinski definition) is 0. The molecule has 0 N–H and O–H groups in total. The molecule has 0 spiro atoms. The Bertz CT molecular complexity index is 418. The number of carbonyl (C=O) groups is 2. The van der Waals surface area contributed by atoms with E-state index in [2.05, 4.69) is 0 Å². The van der Waals surface area contributed by atoms with Gasteiger partial charge in [0.25, 0.3) is 0 Å². The Kier molecular flexibility index (Phi) is 7.67. The van der Waals surface area contributed by atoms with Gasteiger partial charge in [-0.2, -0.15) is 0 Å². The van der Waals surface area contributed by atoms with Gasteiger partial charge in [-0.15, -0.1) is 0 Å². The second-order valence-corrected chi connectivity index (χ2v) is 8.12. The summed E-state index contributed by atoms with van der Waals surface area (Å²) in [6, 6.07) is 0. The third-order valence-electron chi connectivity index (χ3n) is 3.60. The van der Waals surface area contributed by atoms with Crippen molar-refractivity contribution in [1.82, 2.24) is 0 Å². The molecule has 0 aliphatic heterocycles. The second kappa shape index (κ2) is 8.81. The van der Waals surface area contributed by atoms with E-state index in [1.165, 1.54) is 0 Å². The fraction of sp³-hybridized carbons (Fsp3) is 0.889. The monoisotopic (exact) mass is 344 g/mol. The fourth-order valence-corrected chi connectivity index (χ4v) is 2.67. The van der Waals surface area contributed by atoms with Gasteiger partial charge in [0.15, 0.2) is 0 Å². The molecule has 24 heavy (non-hydrogen) atoms. The summed E-state index contributed by atoms with van der Waals surface area (Å²) in [6.45, 7) is 10.9. The van der Waals surface area contributed by atoms with E-state index in [4.69, 9.17) is 19.2 Å². The van der Waals surface area contributed by atoms with Gasteiger partial charge in [-0.3, -0.25) is 0 Å². The lowest BCUT2D eigenvalue weighted by Gasteiger charge is -2.29. The van der Waals surface area contributed by atoms with Crippen LogP contribution in [-0.4, -0.2) is 35.3 Å². The molecule has 6 heteroatoms. The molecule has 0 aromatic carbocycles. The number of rotatable bonds is 6. The zero-order valence-corrected chi connectivity index (χ0v) is 15.8. The van der Waals surface area contributed by atoms with Crippen LogP contribution in [0.1, 0.15) is 80.1 Å². The van der Waals surface area contributed by atoms with E-state index < -0.39 is 23.1 Å². The molecular weight excluding hydrogens is 312 g/mol. The molecule has 0 aromatic heterocycles. The Morgan fingerprint density at radius 2 is 1.58 bits per heavy atom. The summed E-state index contributed by atoms with van der Waals surface area (Å²) in [4.78, 5) is 34.4. The lowest BCUT2D eigenvalue weighted by Crippen LogP contribution is -2.37. The van der Waals surface area contributed by atoms with E-state index in [1.807, 2.05) is 27.7 Å². The highest BCUT2D eigenvalue weighted by molar-refractivity contribution is 6.29. The molecule has 1 rings (SSSR count). The van der Waals surface area contributed by atoms with Crippen LogP contribution in [0.25, 0.3) is 0 Å². The first-order valence-electron chi connectivity index (χ1n) is 8.77. The summed E-state index contributed by atoms with van der Waals surface area (Å²) in [5.74, 6) is -1.86. The number of hydrogen-bond acceptors (Lipinski definition) is 6. The van der Waals surface area contributed by atoms with Crippen molar-refractivity contribution in [3.63, 3.8) is 0 Å². The van der Waals surface area contributed by atoms with E-state index in [0.717, 1.165) is 32.1 Å². The quantitative estimate of drug-likeness (QED) is 0.317. The molecule has 6 nitrogen and oxygen atoms in total. The molecule has 0 amide bonds. The molecule has 1 fully saturated rings. The summed E-state index contributed by atoms with van der Waals surface area (Å²) < 4.78 is 10.5. The maximum absolute atomic E-state index is 12.0. The maximum atomic E-state index is 12.0. The van der Waals surface area contributed by atoms with Crippen LogP contribution < -0.4 is 0 Å². The summed E-state index contributed by atoms with van der Waals surface area (Å²) >= 11 is 0. The minimum atomic E-state index is -0.950. The molecule has 1 aliphatic carbocycles. The maximum Gasteiger partial charge on any atom is 0.418 e. The lowest BCUT2D eigenvalue weighted by atomic mass is 9.98. The van der Waals surface area contributed by atoms with Crippen LogP contribution >= 0.6 is 0 Å². The minimum absolute atomic E-state index is 0.163. The second-order valence-electron chi connectivity index (χ2n) is 8.12. The molecule has 140 valence electrons.